The molecular formula is C33H32F7NO3. The largest absolute Gasteiger partial charge is 0.496 e. The summed E-state index contributed by atoms with van der Waals surface area (Å²) in [5, 5.41) is 0. The normalized spacial score (nSPS) is 18.9. The molecule has 5 rings (SSSR count). The maximum absolute atomic E-state index is 14.9. The van der Waals surface area contributed by atoms with Crippen LogP contribution in [0.1, 0.15) is 84.6 Å². The summed E-state index contributed by atoms with van der Waals surface area (Å²) in [5.41, 5.74) is 1.31. The topological polar surface area (TPSA) is 38.8 Å². The minimum atomic E-state index is -5.04. The Kier molecular flexibility index (Phi) is 8.37. The Bertz CT molecular complexity index is 1550. The number of methoxy groups -OCH3 is 1. The van der Waals surface area contributed by atoms with Crippen LogP contribution in [0.5, 0.6) is 5.75 Å². The van der Waals surface area contributed by atoms with Crippen LogP contribution >= 0.6 is 0 Å². The van der Waals surface area contributed by atoms with Crippen LogP contribution in [0.25, 0.3) is 11.1 Å². The molecule has 0 saturated carbocycles. The van der Waals surface area contributed by atoms with E-state index in [0.717, 1.165) is 36.8 Å². The number of alkyl halides is 6. The molecule has 3 aromatic carbocycles. The Morgan fingerprint density at radius 2 is 1.48 bits per heavy atom. The number of benzene rings is 3. The summed E-state index contributed by atoms with van der Waals surface area (Å²) in [7, 11) is 1.43. The van der Waals surface area contributed by atoms with Crippen LogP contribution in [0.3, 0.4) is 0 Å². The van der Waals surface area contributed by atoms with E-state index in [0.29, 0.717) is 40.1 Å². The fourth-order valence-corrected chi connectivity index (χ4v) is 6.10. The van der Waals surface area contributed by atoms with E-state index in [4.69, 9.17) is 9.47 Å². The van der Waals surface area contributed by atoms with E-state index < -0.39 is 53.1 Å². The van der Waals surface area contributed by atoms with Gasteiger partial charge < -0.3 is 9.47 Å². The molecule has 1 saturated heterocycles. The van der Waals surface area contributed by atoms with E-state index >= 15 is 0 Å². The molecule has 0 unspecified atom stereocenters. The highest BCUT2D eigenvalue weighted by Gasteiger charge is 2.43. The zero-order valence-electron chi connectivity index (χ0n) is 24.6. The van der Waals surface area contributed by atoms with Crippen LogP contribution in [0, 0.1) is 5.82 Å². The monoisotopic (exact) mass is 623 g/mol. The van der Waals surface area contributed by atoms with E-state index in [-0.39, 0.29) is 18.5 Å². The molecular weight excluding hydrogens is 591 g/mol. The van der Waals surface area contributed by atoms with Crippen molar-refractivity contribution in [3.05, 3.63) is 87.2 Å². The zero-order chi connectivity index (χ0) is 32.1. The first-order valence-electron chi connectivity index (χ1n) is 14.4. The number of hydrogen-bond acceptors (Lipinski definition) is 3. The average Bonchev–Trinajstić information content (AvgIpc) is 3.23. The summed E-state index contributed by atoms with van der Waals surface area (Å²) >= 11 is 0. The van der Waals surface area contributed by atoms with Crippen LogP contribution in [-0.4, -0.2) is 24.1 Å². The molecule has 0 radical (unpaired) electrons. The van der Waals surface area contributed by atoms with E-state index in [9.17, 15) is 35.5 Å². The Morgan fingerprint density at radius 1 is 0.886 bits per heavy atom. The minimum Gasteiger partial charge on any atom is -0.496 e. The van der Waals surface area contributed by atoms with Gasteiger partial charge in [0.25, 0.3) is 0 Å². The van der Waals surface area contributed by atoms with Crippen molar-refractivity contribution in [2.24, 2.45) is 0 Å². The third kappa shape index (κ3) is 6.10. The Labute approximate surface area is 250 Å². The van der Waals surface area contributed by atoms with Crippen molar-refractivity contribution in [3.63, 3.8) is 0 Å². The molecule has 2 aliphatic rings. The number of ether oxygens (including phenoxy) is 2. The highest BCUT2D eigenvalue weighted by Crippen LogP contribution is 2.43. The van der Waals surface area contributed by atoms with Crippen molar-refractivity contribution in [2.75, 3.05) is 7.11 Å². The smallest absolute Gasteiger partial charge is 0.416 e. The molecule has 2 atom stereocenters. The fraction of sp³-hybridized carbons (Fsp3) is 0.424. The highest BCUT2D eigenvalue weighted by atomic mass is 19.4. The number of fused-ring (bicyclic) bond motifs is 1. The van der Waals surface area contributed by atoms with Gasteiger partial charge in [0.2, 0.25) is 0 Å². The van der Waals surface area contributed by atoms with Crippen LogP contribution in [0.4, 0.5) is 35.5 Å². The first-order chi connectivity index (χ1) is 20.6. The molecule has 1 fully saturated rings. The van der Waals surface area contributed by atoms with Gasteiger partial charge in [-0.2, -0.15) is 26.3 Å². The first-order valence-corrected chi connectivity index (χ1v) is 14.4. The van der Waals surface area contributed by atoms with Crippen molar-refractivity contribution >= 4 is 6.09 Å². The maximum Gasteiger partial charge on any atom is 0.416 e. The van der Waals surface area contributed by atoms with Gasteiger partial charge in [0.15, 0.2) is 0 Å². The molecule has 44 heavy (non-hydrogen) atoms. The SMILES string of the molecule is COc1cc(F)c(C(C)C)cc1-c1cc2c(cc1CN1C(=O)O[C@H](c3cc(C(F)(F)F)cc(C(F)(F)F)c3)[C@@H]1C)CCCC2. The van der Waals surface area contributed by atoms with Crippen LogP contribution in [-0.2, 0) is 36.5 Å². The molecule has 0 aromatic heterocycles. The molecule has 11 heteroatoms. The Morgan fingerprint density at radius 3 is 2.02 bits per heavy atom. The maximum atomic E-state index is 14.9. The lowest BCUT2D eigenvalue weighted by Crippen LogP contribution is -2.32. The van der Waals surface area contributed by atoms with Gasteiger partial charge in [-0.25, -0.2) is 9.18 Å². The van der Waals surface area contributed by atoms with E-state index in [1.54, 1.807) is 6.07 Å². The third-order valence-electron chi connectivity index (χ3n) is 8.47. The number of carbonyl (C=O) groups is 1. The number of hydrogen-bond donors (Lipinski definition) is 0. The third-order valence-corrected chi connectivity index (χ3v) is 8.47. The predicted octanol–water partition coefficient (Wildman–Crippen LogP) is 9.62. The van der Waals surface area contributed by atoms with Crippen molar-refractivity contribution in [2.45, 2.75) is 83.4 Å². The average molecular weight is 624 g/mol. The summed E-state index contributed by atoms with van der Waals surface area (Å²) in [6.07, 6.45) is -8.70. The van der Waals surface area contributed by atoms with E-state index in [2.05, 4.69) is 0 Å². The lowest BCUT2D eigenvalue weighted by molar-refractivity contribution is -0.143. The van der Waals surface area contributed by atoms with Gasteiger partial charge in [0.1, 0.15) is 17.7 Å². The second-order valence-corrected chi connectivity index (χ2v) is 11.7. The van der Waals surface area contributed by atoms with Crippen molar-refractivity contribution in [3.8, 4) is 16.9 Å². The standard InChI is InChI=1S/C33H32F7NO3/c1-17(2)25-14-27(29(43-4)15-28(25)34)26-12-20-8-6-5-7-19(20)9-22(26)16-41-18(3)30(44-31(41)42)21-10-23(32(35,36)37)13-24(11-21)33(38,39)40/h9-15,17-18,30H,5-8,16H2,1-4H3/t18-,30-/m0/s1. The van der Waals surface area contributed by atoms with Crippen molar-refractivity contribution < 1.29 is 45.0 Å². The predicted molar refractivity (Wildman–Crippen MR) is 150 cm³/mol. The van der Waals surface area contributed by atoms with Gasteiger partial charge in [-0.05, 0) is 96.2 Å². The summed E-state index contributed by atoms with van der Waals surface area (Å²) in [4.78, 5) is 14.5. The number of halogens is 7. The summed E-state index contributed by atoms with van der Waals surface area (Å²) < 4.78 is 107. The van der Waals surface area contributed by atoms with Gasteiger partial charge in [0, 0.05) is 11.6 Å². The highest BCUT2D eigenvalue weighted by molar-refractivity contribution is 5.77. The number of nitrogens with zero attached hydrogens (tertiary/aromatic N) is 1. The quantitative estimate of drug-likeness (QED) is 0.257. The van der Waals surface area contributed by atoms with Gasteiger partial charge >= 0.3 is 18.4 Å². The second kappa shape index (κ2) is 11.6. The molecule has 1 aliphatic heterocycles. The molecule has 4 nitrogen and oxygen atoms in total. The number of aryl methyl sites for hydroxylation is 2. The summed E-state index contributed by atoms with van der Waals surface area (Å²) in [5.74, 6) is -0.259. The zero-order valence-corrected chi connectivity index (χ0v) is 24.6. The molecule has 1 amide bonds. The fourth-order valence-electron chi connectivity index (χ4n) is 6.10. The number of carbonyl (C=O) groups excluding carboxylic acids is 1. The van der Waals surface area contributed by atoms with Crippen LogP contribution < -0.4 is 4.74 Å². The molecule has 0 spiro atoms. The van der Waals surface area contributed by atoms with Gasteiger partial charge in [-0.1, -0.05) is 26.0 Å². The lowest BCUT2D eigenvalue weighted by atomic mass is 9.85. The van der Waals surface area contributed by atoms with Crippen molar-refractivity contribution in [1.29, 1.82) is 0 Å². The Balaban J connectivity index is 1.58. The number of rotatable bonds is 6. The second-order valence-electron chi connectivity index (χ2n) is 11.7. The first kappa shape index (κ1) is 31.7. The molecule has 0 bridgehead atoms. The van der Waals surface area contributed by atoms with E-state index in [1.807, 2.05) is 26.0 Å². The van der Waals surface area contributed by atoms with Gasteiger partial charge in [-0.15, -0.1) is 0 Å². The summed E-state index contributed by atoms with van der Waals surface area (Å²) in [6, 6.07) is 7.35. The minimum absolute atomic E-state index is 0.0399. The molecule has 236 valence electrons. The Hall–Kier alpha value is -3.76. The molecule has 3 aromatic rings. The molecule has 1 heterocycles. The van der Waals surface area contributed by atoms with Gasteiger partial charge in [-0.3, -0.25) is 4.90 Å². The van der Waals surface area contributed by atoms with Crippen LogP contribution in [0.2, 0.25) is 0 Å². The number of amides is 1. The summed E-state index contributed by atoms with van der Waals surface area (Å²) in [6.45, 7) is 5.21. The number of cyclic esters (lactones) is 1. The lowest BCUT2D eigenvalue weighted by Gasteiger charge is -2.26. The van der Waals surface area contributed by atoms with Gasteiger partial charge in [0.05, 0.1) is 30.8 Å². The van der Waals surface area contributed by atoms with Crippen LogP contribution in [0.15, 0.2) is 42.5 Å². The molecule has 0 N–H and O–H groups in total. The van der Waals surface area contributed by atoms with E-state index in [1.165, 1.54) is 25.0 Å². The van der Waals surface area contributed by atoms with Crippen molar-refractivity contribution in [1.82, 2.24) is 4.90 Å². The molecule has 1 aliphatic carbocycles.